The lowest BCUT2D eigenvalue weighted by Gasteiger charge is -2.05. The number of pyridine rings is 1. The fourth-order valence-electron chi connectivity index (χ4n) is 2.36. The van der Waals surface area contributed by atoms with Crippen molar-refractivity contribution in [1.29, 1.82) is 0 Å². The van der Waals surface area contributed by atoms with E-state index in [1.807, 2.05) is 29.0 Å². The zero-order chi connectivity index (χ0) is 13.9. The molecule has 0 bridgehead atoms. The maximum atomic E-state index is 11.0. The molecule has 5 heteroatoms. The Labute approximate surface area is 115 Å². The Balaban J connectivity index is 1.90. The monoisotopic (exact) mass is 267 g/mol. The van der Waals surface area contributed by atoms with Crippen LogP contribution in [-0.4, -0.2) is 14.5 Å². The number of hydrogen-bond donors (Lipinski definition) is 0. The van der Waals surface area contributed by atoms with Crippen molar-refractivity contribution in [2.75, 3.05) is 0 Å². The molecule has 0 saturated carbocycles. The van der Waals surface area contributed by atoms with Gasteiger partial charge in [0.1, 0.15) is 0 Å². The van der Waals surface area contributed by atoms with Gasteiger partial charge in [0.2, 0.25) is 0 Å². The summed E-state index contributed by atoms with van der Waals surface area (Å²) in [6, 6.07) is 10.9. The van der Waals surface area contributed by atoms with Crippen molar-refractivity contribution < 1.29 is 4.92 Å². The number of rotatable bonds is 4. The van der Waals surface area contributed by atoms with E-state index in [9.17, 15) is 10.1 Å². The summed E-state index contributed by atoms with van der Waals surface area (Å²) in [6.07, 6.45) is 6.32. The molecule has 0 saturated heterocycles. The first-order valence-electron chi connectivity index (χ1n) is 6.37. The third kappa shape index (κ3) is 2.25. The van der Waals surface area contributed by atoms with Crippen molar-refractivity contribution in [2.24, 2.45) is 0 Å². The third-order valence-corrected chi connectivity index (χ3v) is 3.38. The SMILES string of the molecule is O=[N+]([O-])c1cccc2c1ccn2CCc1ccncc1. The highest BCUT2D eigenvalue weighted by atomic mass is 16.6. The molecule has 0 aliphatic heterocycles. The molecule has 0 N–H and O–H groups in total. The van der Waals surface area contributed by atoms with Crippen molar-refractivity contribution in [3.05, 3.63) is 70.7 Å². The van der Waals surface area contributed by atoms with Crippen LogP contribution in [-0.2, 0) is 13.0 Å². The second kappa shape index (κ2) is 5.13. The van der Waals surface area contributed by atoms with E-state index in [2.05, 4.69) is 4.98 Å². The number of hydrogen-bond acceptors (Lipinski definition) is 3. The van der Waals surface area contributed by atoms with E-state index in [1.54, 1.807) is 24.5 Å². The molecule has 0 spiro atoms. The quantitative estimate of drug-likeness (QED) is 0.538. The van der Waals surface area contributed by atoms with E-state index in [-0.39, 0.29) is 10.6 Å². The fourth-order valence-corrected chi connectivity index (χ4v) is 2.36. The molecular formula is C15H13N3O2. The van der Waals surface area contributed by atoms with Crippen molar-refractivity contribution in [3.8, 4) is 0 Å². The first-order chi connectivity index (χ1) is 9.75. The van der Waals surface area contributed by atoms with E-state index in [0.717, 1.165) is 18.5 Å². The van der Waals surface area contributed by atoms with Crippen LogP contribution < -0.4 is 0 Å². The van der Waals surface area contributed by atoms with E-state index in [4.69, 9.17) is 0 Å². The Morgan fingerprint density at radius 3 is 2.70 bits per heavy atom. The number of nitro groups is 1. The molecule has 3 aromatic rings. The minimum Gasteiger partial charge on any atom is -0.347 e. The van der Waals surface area contributed by atoms with Gasteiger partial charge in [-0.1, -0.05) is 6.07 Å². The summed E-state index contributed by atoms with van der Waals surface area (Å²) in [5.41, 5.74) is 2.26. The van der Waals surface area contributed by atoms with E-state index >= 15 is 0 Å². The number of aryl methyl sites for hydroxylation is 2. The van der Waals surface area contributed by atoms with Gasteiger partial charge in [0.25, 0.3) is 5.69 Å². The topological polar surface area (TPSA) is 61.0 Å². The molecule has 0 amide bonds. The number of aromatic nitrogens is 2. The molecule has 1 aromatic carbocycles. The minimum absolute atomic E-state index is 0.158. The molecule has 0 unspecified atom stereocenters. The van der Waals surface area contributed by atoms with Gasteiger partial charge in [0.05, 0.1) is 15.8 Å². The van der Waals surface area contributed by atoms with Crippen LogP contribution in [0.4, 0.5) is 5.69 Å². The van der Waals surface area contributed by atoms with Crippen LogP contribution in [0.25, 0.3) is 10.9 Å². The summed E-state index contributed by atoms with van der Waals surface area (Å²) in [4.78, 5) is 14.6. The van der Waals surface area contributed by atoms with Crippen LogP contribution in [0.3, 0.4) is 0 Å². The average Bonchev–Trinajstić information content (AvgIpc) is 2.89. The summed E-state index contributed by atoms with van der Waals surface area (Å²) in [7, 11) is 0. The minimum atomic E-state index is -0.338. The number of fused-ring (bicyclic) bond motifs is 1. The largest absolute Gasteiger partial charge is 0.347 e. The summed E-state index contributed by atoms with van der Waals surface area (Å²) in [5.74, 6) is 0. The number of nitro benzene ring substituents is 1. The molecule has 2 aromatic heterocycles. The van der Waals surface area contributed by atoms with Gasteiger partial charge in [-0.25, -0.2) is 0 Å². The van der Waals surface area contributed by atoms with E-state index < -0.39 is 0 Å². The van der Waals surface area contributed by atoms with Gasteiger partial charge in [0, 0.05) is 31.2 Å². The Hall–Kier alpha value is -2.69. The number of nitrogens with zero attached hydrogens (tertiary/aromatic N) is 3. The van der Waals surface area contributed by atoms with Crippen molar-refractivity contribution in [1.82, 2.24) is 9.55 Å². The lowest BCUT2D eigenvalue weighted by Crippen LogP contribution is -2.00. The van der Waals surface area contributed by atoms with E-state index in [0.29, 0.717) is 5.39 Å². The van der Waals surface area contributed by atoms with Gasteiger partial charge in [-0.3, -0.25) is 15.1 Å². The average molecular weight is 267 g/mol. The maximum absolute atomic E-state index is 11.0. The Morgan fingerprint density at radius 1 is 1.15 bits per heavy atom. The second-order valence-electron chi connectivity index (χ2n) is 4.58. The van der Waals surface area contributed by atoms with Gasteiger partial charge >= 0.3 is 0 Å². The van der Waals surface area contributed by atoms with Crippen LogP contribution >= 0.6 is 0 Å². The van der Waals surface area contributed by atoms with E-state index in [1.165, 1.54) is 11.6 Å². The zero-order valence-corrected chi connectivity index (χ0v) is 10.8. The molecule has 3 rings (SSSR count). The Kier molecular flexibility index (Phi) is 3.16. The predicted octanol–water partition coefficient (Wildman–Crippen LogP) is 3.19. The molecule has 0 aliphatic rings. The summed E-state index contributed by atoms with van der Waals surface area (Å²) >= 11 is 0. The van der Waals surface area contributed by atoms with Crippen LogP contribution in [0, 0.1) is 10.1 Å². The molecule has 2 heterocycles. The molecule has 0 atom stereocenters. The van der Waals surface area contributed by atoms with Gasteiger partial charge in [0.15, 0.2) is 0 Å². The number of non-ortho nitro benzene ring substituents is 1. The normalized spacial score (nSPS) is 10.8. The van der Waals surface area contributed by atoms with Crippen LogP contribution in [0.5, 0.6) is 0 Å². The van der Waals surface area contributed by atoms with Crippen LogP contribution in [0.1, 0.15) is 5.56 Å². The Bertz CT molecular complexity index is 750. The molecule has 20 heavy (non-hydrogen) atoms. The molecular weight excluding hydrogens is 254 g/mol. The standard InChI is InChI=1S/C15H13N3O2/c19-18(20)15-3-1-2-14-13(15)7-11-17(14)10-6-12-4-8-16-9-5-12/h1-5,7-9,11H,6,10H2. The molecule has 0 radical (unpaired) electrons. The summed E-state index contributed by atoms with van der Waals surface area (Å²) in [5, 5.41) is 11.7. The smallest absolute Gasteiger partial charge is 0.278 e. The lowest BCUT2D eigenvalue weighted by atomic mass is 10.2. The van der Waals surface area contributed by atoms with Gasteiger partial charge < -0.3 is 4.57 Å². The third-order valence-electron chi connectivity index (χ3n) is 3.38. The van der Waals surface area contributed by atoms with Crippen LogP contribution in [0.15, 0.2) is 55.0 Å². The lowest BCUT2D eigenvalue weighted by molar-refractivity contribution is -0.383. The van der Waals surface area contributed by atoms with Crippen molar-refractivity contribution in [2.45, 2.75) is 13.0 Å². The maximum Gasteiger partial charge on any atom is 0.278 e. The van der Waals surface area contributed by atoms with Crippen molar-refractivity contribution in [3.63, 3.8) is 0 Å². The first kappa shape index (κ1) is 12.3. The summed E-state index contributed by atoms with van der Waals surface area (Å²) < 4.78 is 2.04. The Morgan fingerprint density at radius 2 is 1.95 bits per heavy atom. The van der Waals surface area contributed by atoms with Crippen molar-refractivity contribution >= 4 is 16.6 Å². The molecule has 5 nitrogen and oxygen atoms in total. The molecule has 100 valence electrons. The fraction of sp³-hybridized carbons (Fsp3) is 0.133. The van der Waals surface area contributed by atoms with Gasteiger partial charge in [-0.2, -0.15) is 0 Å². The predicted molar refractivity (Wildman–Crippen MR) is 76.5 cm³/mol. The molecule has 0 fully saturated rings. The van der Waals surface area contributed by atoms with Gasteiger partial charge in [-0.15, -0.1) is 0 Å². The van der Waals surface area contributed by atoms with Gasteiger partial charge in [-0.05, 0) is 36.2 Å². The summed E-state index contributed by atoms with van der Waals surface area (Å²) in [6.45, 7) is 0.786. The highest BCUT2D eigenvalue weighted by Crippen LogP contribution is 2.26. The zero-order valence-electron chi connectivity index (χ0n) is 10.8. The van der Waals surface area contributed by atoms with Crippen LogP contribution in [0.2, 0.25) is 0 Å². The molecule has 0 aliphatic carbocycles. The number of benzene rings is 1. The first-order valence-corrected chi connectivity index (χ1v) is 6.37. The second-order valence-corrected chi connectivity index (χ2v) is 4.58. The highest BCUT2D eigenvalue weighted by molar-refractivity contribution is 5.89. The highest BCUT2D eigenvalue weighted by Gasteiger charge is 2.13.